The molecule has 6 heteroatoms. The molecule has 0 aliphatic rings. The van der Waals surface area contributed by atoms with Crippen molar-refractivity contribution in [2.75, 3.05) is 6.61 Å². The van der Waals surface area contributed by atoms with Crippen LogP contribution in [0.4, 0.5) is 13.6 Å². The molecule has 90 valence electrons. The molecule has 0 aromatic carbocycles. The Balaban J connectivity index is 4.02. The monoisotopic (exact) mass is 225 g/mol. The van der Waals surface area contributed by atoms with E-state index in [4.69, 9.17) is 9.84 Å². The average Bonchev–Trinajstić information content (AvgIpc) is 1.98. The average molecular weight is 225 g/mol. The highest BCUT2D eigenvalue weighted by Gasteiger charge is 2.21. The van der Waals surface area contributed by atoms with Crippen LogP contribution in [0.25, 0.3) is 0 Å². The van der Waals surface area contributed by atoms with Gasteiger partial charge in [-0.3, -0.25) is 0 Å². The highest BCUT2D eigenvalue weighted by Crippen LogP contribution is 2.08. The largest absolute Gasteiger partial charge is 0.444 e. The van der Waals surface area contributed by atoms with E-state index in [-0.39, 0.29) is 0 Å². The lowest BCUT2D eigenvalue weighted by molar-refractivity contribution is 0.0434. The number of hydrogen-bond donors (Lipinski definition) is 2. The molecular weight excluding hydrogens is 208 g/mol. The Morgan fingerprint density at radius 1 is 1.47 bits per heavy atom. The number of amides is 1. The normalized spacial score (nSPS) is 13.8. The molecule has 0 saturated heterocycles. The first-order chi connectivity index (χ1) is 6.74. The maximum atomic E-state index is 12.0. The number of carbonyl (C=O) groups excluding carboxylic acids is 1. The minimum absolute atomic E-state index is 0.538. The number of alkyl carbamates (subject to hydrolysis) is 1. The van der Waals surface area contributed by atoms with Crippen LogP contribution in [0, 0.1) is 0 Å². The smallest absolute Gasteiger partial charge is 0.407 e. The Morgan fingerprint density at radius 3 is 2.33 bits per heavy atom. The summed E-state index contributed by atoms with van der Waals surface area (Å²) in [4.78, 5) is 11.1. The molecule has 4 nitrogen and oxygen atoms in total. The van der Waals surface area contributed by atoms with Gasteiger partial charge in [-0.25, -0.2) is 13.6 Å². The van der Waals surface area contributed by atoms with Gasteiger partial charge in [-0.2, -0.15) is 0 Å². The fourth-order valence-electron chi connectivity index (χ4n) is 0.868. The number of rotatable bonds is 4. The molecule has 2 N–H and O–H groups in total. The van der Waals surface area contributed by atoms with Crippen molar-refractivity contribution in [2.45, 2.75) is 45.3 Å². The third-order valence-corrected chi connectivity index (χ3v) is 1.40. The van der Waals surface area contributed by atoms with Crippen LogP contribution in [0.2, 0.25) is 0 Å². The molecule has 15 heavy (non-hydrogen) atoms. The zero-order valence-corrected chi connectivity index (χ0v) is 9.09. The van der Waals surface area contributed by atoms with Crippen molar-refractivity contribution in [1.82, 2.24) is 5.32 Å². The molecule has 1 atom stereocenters. The van der Waals surface area contributed by atoms with Crippen LogP contribution < -0.4 is 5.32 Å². The Labute approximate surface area is 87.6 Å². The Hall–Kier alpha value is -0.910. The molecule has 0 fully saturated rings. The minimum Gasteiger partial charge on any atom is -0.444 e. The summed E-state index contributed by atoms with van der Waals surface area (Å²) in [6.07, 6.45) is -3.96. The van der Waals surface area contributed by atoms with Crippen molar-refractivity contribution in [2.24, 2.45) is 0 Å². The van der Waals surface area contributed by atoms with E-state index in [2.05, 4.69) is 5.32 Å². The predicted octanol–water partition coefficient (Wildman–Crippen LogP) is 1.53. The number of halogens is 2. The van der Waals surface area contributed by atoms with Crippen LogP contribution in [0.1, 0.15) is 27.2 Å². The van der Waals surface area contributed by atoms with E-state index >= 15 is 0 Å². The number of nitrogens with one attached hydrogen (secondary N) is 1. The molecule has 0 heterocycles. The second-order valence-corrected chi connectivity index (χ2v) is 4.15. The molecule has 0 bridgehead atoms. The quantitative estimate of drug-likeness (QED) is 0.762. The number of ether oxygens (including phenoxy) is 1. The molecule has 0 aromatic rings. The zero-order valence-electron chi connectivity index (χ0n) is 9.09. The summed E-state index contributed by atoms with van der Waals surface area (Å²) >= 11 is 0. The Bertz CT molecular complexity index is 204. The lowest BCUT2D eigenvalue weighted by atomic mass is 10.2. The Morgan fingerprint density at radius 2 is 2.00 bits per heavy atom. The highest BCUT2D eigenvalue weighted by atomic mass is 19.3. The van der Waals surface area contributed by atoms with Crippen molar-refractivity contribution in [3.05, 3.63) is 0 Å². The van der Waals surface area contributed by atoms with E-state index in [1.165, 1.54) is 0 Å². The summed E-state index contributed by atoms with van der Waals surface area (Å²) < 4.78 is 28.8. The third kappa shape index (κ3) is 8.11. The number of hydrogen-bond acceptors (Lipinski definition) is 3. The number of alkyl halides is 2. The van der Waals surface area contributed by atoms with Gasteiger partial charge in [0, 0.05) is 6.42 Å². The molecule has 0 unspecified atom stereocenters. The van der Waals surface area contributed by atoms with Gasteiger partial charge >= 0.3 is 6.09 Å². The third-order valence-electron chi connectivity index (χ3n) is 1.40. The summed E-state index contributed by atoms with van der Waals surface area (Å²) in [7, 11) is 0. The maximum absolute atomic E-state index is 12.0. The lowest BCUT2D eigenvalue weighted by Gasteiger charge is -2.22. The van der Waals surface area contributed by atoms with Gasteiger partial charge in [-0.1, -0.05) is 0 Å². The number of aliphatic hydroxyl groups is 1. The van der Waals surface area contributed by atoms with E-state index in [9.17, 15) is 13.6 Å². The van der Waals surface area contributed by atoms with Crippen molar-refractivity contribution < 1.29 is 23.4 Å². The van der Waals surface area contributed by atoms with Crippen LogP contribution >= 0.6 is 0 Å². The lowest BCUT2D eigenvalue weighted by Crippen LogP contribution is -2.41. The molecule has 0 aromatic heterocycles. The summed E-state index contributed by atoms with van der Waals surface area (Å²) in [6, 6.07) is -0.972. The van der Waals surface area contributed by atoms with Gasteiger partial charge in [0.25, 0.3) is 0 Å². The zero-order chi connectivity index (χ0) is 12.1. The number of carbonyl (C=O) groups is 1. The van der Waals surface area contributed by atoms with E-state index < -0.39 is 37.2 Å². The molecule has 0 saturated carbocycles. The van der Waals surface area contributed by atoms with Crippen LogP contribution in [0.5, 0.6) is 0 Å². The first-order valence-electron chi connectivity index (χ1n) is 4.63. The SMILES string of the molecule is CC(C)(C)OC(=O)N[C@H](CO)CC(F)F. The predicted molar refractivity (Wildman–Crippen MR) is 50.9 cm³/mol. The second-order valence-electron chi connectivity index (χ2n) is 4.15. The van der Waals surface area contributed by atoms with Gasteiger partial charge in [-0.15, -0.1) is 0 Å². The molecule has 0 aliphatic carbocycles. The topological polar surface area (TPSA) is 58.6 Å². The van der Waals surface area contributed by atoms with E-state index in [0.717, 1.165) is 0 Å². The summed E-state index contributed by atoms with van der Waals surface area (Å²) in [5.41, 5.74) is -0.686. The minimum atomic E-state index is -2.57. The molecule has 0 rings (SSSR count). The van der Waals surface area contributed by atoms with E-state index in [0.29, 0.717) is 0 Å². The second kappa shape index (κ2) is 5.85. The summed E-state index contributed by atoms with van der Waals surface area (Å²) in [6.45, 7) is 4.44. The van der Waals surface area contributed by atoms with E-state index in [1.807, 2.05) is 0 Å². The maximum Gasteiger partial charge on any atom is 0.407 e. The molecule has 1 amide bonds. The van der Waals surface area contributed by atoms with Crippen molar-refractivity contribution >= 4 is 6.09 Å². The van der Waals surface area contributed by atoms with Gasteiger partial charge < -0.3 is 15.2 Å². The molecule has 0 spiro atoms. The highest BCUT2D eigenvalue weighted by molar-refractivity contribution is 5.68. The van der Waals surface area contributed by atoms with Gasteiger partial charge in [0.2, 0.25) is 6.43 Å². The fraction of sp³-hybridized carbons (Fsp3) is 0.889. The van der Waals surface area contributed by atoms with Crippen molar-refractivity contribution in [3.63, 3.8) is 0 Å². The van der Waals surface area contributed by atoms with Crippen LogP contribution in [-0.4, -0.2) is 35.9 Å². The summed E-state index contributed by atoms with van der Waals surface area (Å²) in [5.74, 6) is 0. The van der Waals surface area contributed by atoms with Crippen LogP contribution in [0.15, 0.2) is 0 Å². The molecular formula is C9H17F2NO3. The summed E-state index contributed by atoms with van der Waals surface area (Å²) in [5, 5.41) is 10.9. The number of aliphatic hydroxyl groups excluding tert-OH is 1. The molecule has 0 aliphatic heterocycles. The fourth-order valence-corrected chi connectivity index (χ4v) is 0.868. The Kier molecular flexibility index (Phi) is 5.49. The van der Waals surface area contributed by atoms with Gasteiger partial charge in [-0.05, 0) is 20.8 Å². The van der Waals surface area contributed by atoms with Gasteiger partial charge in [0.1, 0.15) is 5.60 Å². The first kappa shape index (κ1) is 14.1. The standard InChI is InChI=1S/C9H17F2NO3/c1-9(2,3)15-8(14)12-6(5-13)4-7(10)11/h6-7,13H,4-5H2,1-3H3,(H,12,14)/t6-/m0/s1. The van der Waals surface area contributed by atoms with Crippen LogP contribution in [0.3, 0.4) is 0 Å². The van der Waals surface area contributed by atoms with Crippen molar-refractivity contribution in [1.29, 1.82) is 0 Å². The van der Waals surface area contributed by atoms with Crippen molar-refractivity contribution in [3.8, 4) is 0 Å². The first-order valence-corrected chi connectivity index (χ1v) is 4.63. The molecule has 0 radical (unpaired) electrons. The van der Waals surface area contributed by atoms with Crippen LogP contribution in [-0.2, 0) is 4.74 Å². The van der Waals surface area contributed by atoms with Gasteiger partial charge in [0.05, 0.1) is 12.6 Å². The van der Waals surface area contributed by atoms with Gasteiger partial charge in [0.15, 0.2) is 0 Å². The van der Waals surface area contributed by atoms with E-state index in [1.54, 1.807) is 20.8 Å².